The van der Waals surface area contributed by atoms with Crippen molar-refractivity contribution >= 4 is 5.91 Å². The van der Waals surface area contributed by atoms with Crippen LogP contribution in [0.5, 0.6) is 0 Å². The van der Waals surface area contributed by atoms with Gasteiger partial charge in [0.15, 0.2) is 0 Å². The quantitative estimate of drug-likeness (QED) is 0.429. The Balaban J connectivity index is 3.82. The molecule has 0 aromatic rings. The average molecular weight is 100 g/mol. The summed E-state index contributed by atoms with van der Waals surface area (Å²) >= 11 is 0. The summed E-state index contributed by atoms with van der Waals surface area (Å²) in [7, 11) is 0. The van der Waals surface area contributed by atoms with Crippen molar-refractivity contribution in [3.05, 3.63) is 11.8 Å². The highest BCUT2D eigenvalue weighted by Gasteiger charge is 1.90. The van der Waals surface area contributed by atoms with Gasteiger partial charge in [-0.3, -0.25) is 4.79 Å². The second-order valence-corrected chi connectivity index (χ2v) is 1.21. The molecule has 0 saturated heterocycles. The van der Waals surface area contributed by atoms with Crippen molar-refractivity contribution in [2.45, 2.75) is 6.92 Å². The van der Waals surface area contributed by atoms with Crippen LogP contribution in [0.3, 0.4) is 0 Å². The lowest BCUT2D eigenvalue weighted by atomic mass is 10.3. The van der Waals surface area contributed by atoms with Crippen LogP contribution in [-0.4, -0.2) is 5.91 Å². The summed E-state index contributed by atoms with van der Waals surface area (Å²) in [4.78, 5) is 10.0. The van der Waals surface area contributed by atoms with Crippen molar-refractivity contribution in [1.82, 2.24) is 0 Å². The molecule has 0 aromatic heterocycles. The van der Waals surface area contributed by atoms with E-state index in [9.17, 15) is 4.79 Å². The van der Waals surface area contributed by atoms with Gasteiger partial charge in [0, 0.05) is 11.8 Å². The Kier molecular flexibility index (Phi) is 1.91. The van der Waals surface area contributed by atoms with Crippen LogP contribution in [-0.2, 0) is 4.79 Å². The molecule has 0 aliphatic carbocycles. The fourth-order valence-electron chi connectivity index (χ4n) is 0.0821. The van der Waals surface area contributed by atoms with E-state index in [-0.39, 0.29) is 0 Å². The minimum atomic E-state index is -0.470. The molecule has 0 atom stereocenters. The summed E-state index contributed by atoms with van der Waals surface area (Å²) in [6.45, 7) is 1.56. The summed E-state index contributed by atoms with van der Waals surface area (Å²) in [5.41, 5.74) is 10.1. The lowest BCUT2D eigenvalue weighted by Gasteiger charge is -1.85. The fraction of sp³-hybridized carbons (Fsp3) is 0.250. The van der Waals surface area contributed by atoms with Crippen LogP contribution in [0.1, 0.15) is 6.92 Å². The molecule has 7 heavy (non-hydrogen) atoms. The first-order chi connectivity index (χ1) is 3.18. The van der Waals surface area contributed by atoms with E-state index < -0.39 is 5.91 Å². The lowest BCUT2D eigenvalue weighted by molar-refractivity contribution is -0.114. The van der Waals surface area contributed by atoms with Gasteiger partial charge in [-0.05, 0) is 6.92 Å². The van der Waals surface area contributed by atoms with Crippen LogP contribution in [0.4, 0.5) is 0 Å². The van der Waals surface area contributed by atoms with E-state index >= 15 is 0 Å². The van der Waals surface area contributed by atoms with E-state index in [1.807, 2.05) is 0 Å². The molecule has 0 aliphatic rings. The van der Waals surface area contributed by atoms with Crippen molar-refractivity contribution in [2.24, 2.45) is 11.5 Å². The van der Waals surface area contributed by atoms with Gasteiger partial charge in [0.1, 0.15) is 0 Å². The van der Waals surface area contributed by atoms with E-state index in [1.54, 1.807) is 6.92 Å². The number of hydrogen-bond acceptors (Lipinski definition) is 2. The first kappa shape index (κ1) is 6.01. The largest absolute Gasteiger partial charge is 0.404 e. The molecular formula is C4H8N2O. The lowest BCUT2D eigenvalue weighted by Crippen LogP contribution is -2.12. The molecule has 0 radical (unpaired) electrons. The Labute approximate surface area is 42.0 Å². The molecule has 0 spiro atoms. The van der Waals surface area contributed by atoms with E-state index in [1.165, 1.54) is 6.20 Å². The molecule has 0 aliphatic heterocycles. The third kappa shape index (κ3) is 1.81. The van der Waals surface area contributed by atoms with Gasteiger partial charge in [0.2, 0.25) is 5.91 Å². The van der Waals surface area contributed by atoms with Crippen molar-refractivity contribution in [3.8, 4) is 0 Å². The van der Waals surface area contributed by atoms with Crippen LogP contribution in [0.15, 0.2) is 11.8 Å². The molecule has 0 aromatic carbocycles. The molecule has 0 fully saturated rings. The highest BCUT2D eigenvalue weighted by molar-refractivity contribution is 5.90. The van der Waals surface area contributed by atoms with Crippen molar-refractivity contribution < 1.29 is 4.79 Å². The number of carbonyl (C=O) groups excluding carboxylic acids is 1. The van der Waals surface area contributed by atoms with Crippen molar-refractivity contribution in [3.63, 3.8) is 0 Å². The third-order valence-corrected chi connectivity index (χ3v) is 0.639. The second-order valence-electron chi connectivity index (χ2n) is 1.21. The number of rotatable bonds is 1. The predicted molar refractivity (Wildman–Crippen MR) is 27.1 cm³/mol. The molecule has 0 unspecified atom stereocenters. The highest BCUT2D eigenvalue weighted by Crippen LogP contribution is 1.81. The fourth-order valence-corrected chi connectivity index (χ4v) is 0.0821. The number of carbonyl (C=O) groups is 1. The monoisotopic (exact) mass is 100 g/mol. The van der Waals surface area contributed by atoms with Gasteiger partial charge in [-0.15, -0.1) is 0 Å². The van der Waals surface area contributed by atoms with E-state index in [0.29, 0.717) is 5.57 Å². The Morgan fingerprint density at radius 1 is 1.71 bits per heavy atom. The van der Waals surface area contributed by atoms with Crippen molar-refractivity contribution in [2.75, 3.05) is 0 Å². The Hall–Kier alpha value is -0.990. The van der Waals surface area contributed by atoms with E-state index in [4.69, 9.17) is 11.5 Å². The first-order valence-corrected chi connectivity index (χ1v) is 1.86. The highest BCUT2D eigenvalue weighted by atomic mass is 16.1. The summed E-state index contributed by atoms with van der Waals surface area (Å²) in [5, 5.41) is 0. The van der Waals surface area contributed by atoms with Gasteiger partial charge in [-0.2, -0.15) is 0 Å². The van der Waals surface area contributed by atoms with Crippen LogP contribution >= 0.6 is 0 Å². The Morgan fingerprint density at radius 3 is 2.14 bits per heavy atom. The van der Waals surface area contributed by atoms with Gasteiger partial charge in [-0.25, -0.2) is 0 Å². The smallest absolute Gasteiger partial charge is 0.245 e. The molecule has 0 rings (SSSR count). The van der Waals surface area contributed by atoms with Crippen LogP contribution < -0.4 is 11.5 Å². The average Bonchev–Trinajstić information content (AvgIpc) is 1.65. The van der Waals surface area contributed by atoms with Gasteiger partial charge >= 0.3 is 0 Å². The van der Waals surface area contributed by atoms with E-state index in [0.717, 1.165) is 0 Å². The van der Waals surface area contributed by atoms with Crippen LogP contribution in [0.2, 0.25) is 0 Å². The molecule has 0 heterocycles. The zero-order valence-corrected chi connectivity index (χ0v) is 4.14. The molecule has 3 heteroatoms. The third-order valence-electron chi connectivity index (χ3n) is 0.639. The maximum absolute atomic E-state index is 10.0. The second kappa shape index (κ2) is 2.23. The zero-order chi connectivity index (χ0) is 5.86. The van der Waals surface area contributed by atoms with Gasteiger partial charge in [0.25, 0.3) is 0 Å². The SMILES string of the molecule is C/C(=C\N)C(N)=O. The van der Waals surface area contributed by atoms with Crippen LogP contribution in [0.25, 0.3) is 0 Å². The normalized spacial score (nSPS) is 11.3. The van der Waals surface area contributed by atoms with Gasteiger partial charge < -0.3 is 11.5 Å². The number of hydrogen-bond donors (Lipinski definition) is 2. The Morgan fingerprint density at radius 2 is 2.14 bits per heavy atom. The number of primary amides is 1. The Bertz CT molecular complexity index is 106. The zero-order valence-electron chi connectivity index (χ0n) is 4.14. The van der Waals surface area contributed by atoms with Gasteiger partial charge in [-0.1, -0.05) is 0 Å². The number of nitrogens with two attached hydrogens (primary N) is 2. The summed E-state index contributed by atoms with van der Waals surface area (Å²) in [6.07, 6.45) is 1.18. The number of amides is 1. The maximum atomic E-state index is 10.0. The molecule has 1 amide bonds. The van der Waals surface area contributed by atoms with Crippen LogP contribution in [0, 0.1) is 0 Å². The molecule has 40 valence electrons. The summed E-state index contributed by atoms with van der Waals surface area (Å²) in [5.74, 6) is -0.470. The van der Waals surface area contributed by atoms with Crippen molar-refractivity contribution in [1.29, 1.82) is 0 Å². The standard InChI is InChI=1S/C4H8N2O/c1-3(2-5)4(6)7/h2H,5H2,1H3,(H2,6,7)/b3-2+. The molecule has 0 bridgehead atoms. The minimum absolute atomic E-state index is 0.389. The first-order valence-electron chi connectivity index (χ1n) is 1.86. The maximum Gasteiger partial charge on any atom is 0.245 e. The molecule has 0 saturated carbocycles. The minimum Gasteiger partial charge on any atom is -0.404 e. The molecular weight excluding hydrogens is 92.1 g/mol. The van der Waals surface area contributed by atoms with Gasteiger partial charge in [0.05, 0.1) is 0 Å². The molecule has 3 nitrogen and oxygen atoms in total. The topological polar surface area (TPSA) is 69.1 Å². The predicted octanol–water partition coefficient (Wildman–Crippen LogP) is -0.666. The molecule has 4 N–H and O–H groups in total. The van der Waals surface area contributed by atoms with E-state index in [2.05, 4.69) is 0 Å². The summed E-state index contributed by atoms with van der Waals surface area (Å²) in [6, 6.07) is 0. The summed E-state index contributed by atoms with van der Waals surface area (Å²) < 4.78 is 0.